The maximum atomic E-state index is 15.3. The molecule has 18 fully saturated rings. The normalized spacial score (nSPS) is 57.1. The van der Waals surface area contributed by atoms with Crippen LogP contribution < -0.4 is 85.1 Å². The van der Waals surface area contributed by atoms with Crippen molar-refractivity contribution in [2.45, 2.75) is 303 Å². The van der Waals surface area contributed by atoms with Crippen LogP contribution >= 0.6 is 0 Å². The zero-order valence-corrected chi connectivity index (χ0v) is 51.7. The third-order valence-electron chi connectivity index (χ3n) is 28.1. The number of rotatable bonds is 4. The molecule has 34 atom stereocenters. The van der Waals surface area contributed by atoms with Crippen molar-refractivity contribution >= 4 is 10.4 Å². The SMILES string of the molecule is O=S(=O)(OC1CCCC2C3NC4NC(NC5NC(NC6NC(NC(N3)C12)C1CCCCC61)C1CCCCC51)C1CCCCC41)OC1CCCC2C3NC4NC(NC5NC(NC6NC(NC(N3)C12)C1CCCCC61)C1CCCCC51)C1CCCCC41. The largest absolute Gasteiger partial charge is 0.400 e. The van der Waals surface area contributed by atoms with Crippen LogP contribution in [0.25, 0.3) is 0 Å². The Morgan fingerprint density at radius 3 is 0.529 bits per heavy atom. The summed E-state index contributed by atoms with van der Waals surface area (Å²) in [6.45, 7) is 0. The summed E-state index contributed by atoms with van der Waals surface area (Å²) in [7, 11) is -4.44. The summed E-state index contributed by atoms with van der Waals surface area (Å²) in [5.74, 6) is 7.10. The van der Waals surface area contributed by atoms with E-state index in [1.54, 1.807) is 0 Å². The summed E-state index contributed by atoms with van der Waals surface area (Å²) in [5.41, 5.74) is 0. The second kappa shape index (κ2) is 23.4. The van der Waals surface area contributed by atoms with Crippen LogP contribution in [0.15, 0.2) is 0 Å². The quantitative estimate of drug-likeness (QED) is 0.193. The molecule has 0 aromatic rings. The fourth-order valence-corrected chi connectivity index (χ4v) is 25.6. The highest BCUT2D eigenvalue weighted by atomic mass is 32.3. The lowest BCUT2D eigenvalue weighted by atomic mass is 9.75. The van der Waals surface area contributed by atoms with Gasteiger partial charge in [0, 0.05) is 11.8 Å². The number of hydrogen-bond donors (Lipinski definition) is 16. The lowest BCUT2D eigenvalue weighted by molar-refractivity contribution is 0.00261. The Morgan fingerprint density at radius 2 is 0.341 bits per heavy atom. The Balaban J connectivity index is 0.629. The van der Waals surface area contributed by atoms with Gasteiger partial charge in [0.25, 0.3) is 0 Å². The second-order valence-electron chi connectivity index (χ2n) is 32.0. The number of fused-ring (bicyclic) bond motifs is 40. The second-order valence-corrected chi connectivity index (χ2v) is 33.2. The molecule has 34 unspecified atom stereocenters. The van der Waals surface area contributed by atoms with E-state index >= 15 is 8.42 Å². The van der Waals surface area contributed by atoms with Gasteiger partial charge in [-0.2, -0.15) is 8.42 Å². The first-order valence-corrected chi connectivity index (χ1v) is 37.9. The van der Waals surface area contributed by atoms with Crippen LogP contribution in [0, 0.1) is 94.7 Å². The monoisotopic (exact) mass is 1200 g/mol. The van der Waals surface area contributed by atoms with E-state index in [0.717, 1.165) is 25.7 Å². The van der Waals surface area contributed by atoms with Crippen LogP contribution in [0.3, 0.4) is 0 Å². The maximum absolute atomic E-state index is 15.3. The molecule has 0 amide bonds. The van der Waals surface area contributed by atoms with Crippen molar-refractivity contribution in [3.63, 3.8) is 0 Å². The molecule has 20 nitrogen and oxygen atoms in total. The lowest BCUT2D eigenvalue weighted by Gasteiger charge is -2.40. The molecule has 0 spiro atoms. The summed E-state index contributed by atoms with van der Waals surface area (Å²) < 4.78 is 44.2. The molecule has 8 saturated carbocycles. The van der Waals surface area contributed by atoms with Gasteiger partial charge in [-0.3, -0.25) is 85.1 Å². The van der Waals surface area contributed by atoms with Crippen molar-refractivity contribution in [2.75, 3.05) is 0 Å². The van der Waals surface area contributed by atoms with E-state index in [4.69, 9.17) is 8.37 Å². The van der Waals surface area contributed by atoms with E-state index in [-0.39, 0.29) is 110 Å². The van der Waals surface area contributed by atoms with E-state index in [0.29, 0.717) is 96.2 Å². The third-order valence-corrected chi connectivity index (χ3v) is 29.1. The highest BCUT2D eigenvalue weighted by Crippen LogP contribution is 2.50. The molecule has 10 heterocycles. The van der Waals surface area contributed by atoms with Gasteiger partial charge in [-0.15, -0.1) is 0 Å². The topological polar surface area (TPSA) is 245 Å². The van der Waals surface area contributed by atoms with Crippen molar-refractivity contribution < 1.29 is 16.8 Å². The number of nitrogens with one attached hydrogen (secondary N) is 16. The van der Waals surface area contributed by atoms with Crippen LogP contribution in [0.5, 0.6) is 0 Å². The van der Waals surface area contributed by atoms with Gasteiger partial charge in [0.1, 0.15) is 0 Å². The van der Waals surface area contributed by atoms with Crippen molar-refractivity contribution in [3.05, 3.63) is 0 Å². The summed E-state index contributed by atoms with van der Waals surface area (Å²) in [6.07, 6.45) is 37.3. The Labute approximate surface area is 508 Å². The van der Waals surface area contributed by atoms with Crippen LogP contribution in [-0.4, -0.2) is 119 Å². The van der Waals surface area contributed by atoms with Crippen molar-refractivity contribution in [2.24, 2.45) is 94.7 Å². The first kappa shape index (κ1) is 56.9. The number of hydrogen-bond acceptors (Lipinski definition) is 20. The molecule has 10 saturated heterocycles. The van der Waals surface area contributed by atoms with E-state index in [1.807, 2.05) is 0 Å². The standard InChI is InChI=1S/C64H110N16O4S/c81-85(82,83-45-29-13-27-43-47(45)63-77-59-41-25-11-9-23-39(41)55(73-59)69-51-33-17-3-1-15-31(33)49(65-51)67-53-35-19-5-7-21-37(35)57(71-53)75-61(43)79-63)84-46-30-14-28-44-48(46)64-78-60-42-26-12-10-24-40(42)56(74-60)70-52-34-18-4-2-16-32(34)50(66-52)68-54-36-20-6-8-22-38(36)58(72-54)76-62(44)80-64/h31-80H,1-30H2. The molecule has 18 aliphatic rings. The maximum Gasteiger partial charge on any atom is 0.400 e. The Morgan fingerprint density at radius 1 is 0.188 bits per heavy atom. The summed E-state index contributed by atoms with van der Waals surface area (Å²) in [4.78, 5) is 0. The fourth-order valence-electron chi connectivity index (χ4n) is 24.5. The minimum Gasteiger partial charge on any atom is -0.286 e. The van der Waals surface area contributed by atoms with Gasteiger partial charge in [0.2, 0.25) is 0 Å². The minimum atomic E-state index is -4.44. The molecule has 16 bridgehead atoms. The van der Waals surface area contributed by atoms with Gasteiger partial charge in [-0.1, -0.05) is 89.9 Å². The van der Waals surface area contributed by atoms with Crippen LogP contribution in [0.1, 0.15) is 193 Å². The highest BCUT2D eigenvalue weighted by Gasteiger charge is 2.60. The minimum absolute atomic E-state index is 0.0133. The molecule has 85 heavy (non-hydrogen) atoms. The van der Waals surface area contributed by atoms with Crippen LogP contribution in [-0.2, 0) is 18.8 Å². The Bertz CT molecular complexity index is 2330. The molecule has 476 valence electrons. The summed E-state index contributed by atoms with van der Waals surface area (Å²) >= 11 is 0. The van der Waals surface area contributed by atoms with Gasteiger partial charge in [-0.05, 0) is 186 Å². The predicted molar refractivity (Wildman–Crippen MR) is 324 cm³/mol. The van der Waals surface area contributed by atoms with Gasteiger partial charge in [0.15, 0.2) is 0 Å². The molecular formula is C64H110N16O4S. The van der Waals surface area contributed by atoms with E-state index in [1.165, 1.54) is 154 Å². The van der Waals surface area contributed by atoms with Crippen molar-refractivity contribution in [1.29, 1.82) is 0 Å². The smallest absolute Gasteiger partial charge is 0.286 e. The molecule has 8 aliphatic carbocycles. The van der Waals surface area contributed by atoms with E-state index in [9.17, 15) is 0 Å². The van der Waals surface area contributed by atoms with Crippen molar-refractivity contribution in [1.82, 2.24) is 85.1 Å². The molecular weight excluding hydrogens is 1090 g/mol. The Hall–Kier alpha value is -0.770. The first-order chi connectivity index (χ1) is 41.8. The average molecular weight is 1200 g/mol. The van der Waals surface area contributed by atoms with Gasteiger partial charge in [0.05, 0.1) is 111 Å². The summed E-state index contributed by atoms with van der Waals surface area (Å²) in [5, 5.41) is 68.1. The van der Waals surface area contributed by atoms with Crippen LogP contribution in [0.4, 0.5) is 0 Å². The zero-order chi connectivity index (χ0) is 56.1. The molecule has 0 aromatic carbocycles. The zero-order valence-electron chi connectivity index (χ0n) is 50.9. The molecule has 16 N–H and O–H groups in total. The molecule has 10 aliphatic heterocycles. The molecule has 0 aromatic heterocycles. The van der Waals surface area contributed by atoms with E-state index in [2.05, 4.69) is 85.1 Å². The van der Waals surface area contributed by atoms with Crippen molar-refractivity contribution in [3.8, 4) is 0 Å². The highest BCUT2D eigenvalue weighted by molar-refractivity contribution is 7.81. The molecule has 0 radical (unpaired) electrons. The molecule has 18 rings (SSSR count). The molecule has 21 heteroatoms. The third kappa shape index (κ3) is 10.3. The summed E-state index contributed by atoms with van der Waals surface area (Å²) in [6, 6.07) is 0. The fraction of sp³-hybridized carbons (Fsp3) is 1.00. The predicted octanol–water partition coefficient (Wildman–Crippen LogP) is 3.46. The van der Waals surface area contributed by atoms with Gasteiger partial charge >= 0.3 is 10.4 Å². The first-order valence-electron chi connectivity index (χ1n) is 36.6. The Kier molecular flexibility index (Phi) is 15.6. The van der Waals surface area contributed by atoms with Gasteiger partial charge in [-0.25, -0.2) is 8.37 Å². The van der Waals surface area contributed by atoms with E-state index < -0.39 is 22.6 Å². The lowest BCUT2D eigenvalue weighted by Crippen LogP contribution is -2.62. The average Bonchev–Trinajstić information content (AvgIpc) is 4.20. The van der Waals surface area contributed by atoms with Gasteiger partial charge < -0.3 is 0 Å². The van der Waals surface area contributed by atoms with Crippen LogP contribution in [0.2, 0.25) is 0 Å².